The summed E-state index contributed by atoms with van der Waals surface area (Å²) in [4.78, 5) is 23.0. The van der Waals surface area contributed by atoms with E-state index in [1.54, 1.807) is 12.1 Å². The Morgan fingerprint density at radius 1 is 1.19 bits per heavy atom. The smallest absolute Gasteiger partial charge is 0.329 e. The van der Waals surface area contributed by atoms with Crippen LogP contribution in [0.2, 0.25) is 0 Å². The lowest BCUT2D eigenvalue weighted by molar-refractivity contribution is -0.139. The molecule has 0 aliphatic rings. The molecule has 0 spiro atoms. The zero-order valence-corrected chi connectivity index (χ0v) is 11.5. The van der Waals surface area contributed by atoms with Crippen LogP contribution in [-0.4, -0.2) is 18.0 Å². The molecule has 0 aliphatic heterocycles. The zero-order valence-electron chi connectivity index (χ0n) is 11.5. The van der Waals surface area contributed by atoms with Crippen LogP contribution < -0.4 is 10.7 Å². The summed E-state index contributed by atoms with van der Waals surface area (Å²) in [5, 5.41) is 6.15. The number of aryl methyl sites for hydroxylation is 1. The van der Waals surface area contributed by atoms with Crippen molar-refractivity contribution in [3.63, 3.8) is 0 Å². The van der Waals surface area contributed by atoms with Gasteiger partial charge in [-0.1, -0.05) is 29.8 Å². The highest BCUT2D eigenvalue weighted by Gasteiger charge is 2.12. The van der Waals surface area contributed by atoms with Gasteiger partial charge in [0.05, 0.1) is 19.0 Å². The van der Waals surface area contributed by atoms with Gasteiger partial charge in [-0.2, -0.15) is 5.10 Å². The minimum Gasteiger partial charge on any atom is -0.467 e. The highest BCUT2D eigenvalue weighted by molar-refractivity contribution is 6.35. The quantitative estimate of drug-likeness (QED) is 0.505. The van der Waals surface area contributed by atoms with Gasteiger partial charge in [0.15, 0.2) is 0 Å². The van der Waals surface area contributed by atoms with Gasteiger partial charge >= 0.3 is 11.8 Å². The van der Waals surface area contributed by atoms with Crippen LogP contribution in [0.25, 0.3) is 0 Å². The van der Waals surface area contributed by atoms with Gasteiger partial charge in [0.2, 0.25) is 0 Å². The minimum atomic E-state index is -0.829. The van der Waals surface area contributed by atoms with Gasteiger partial charge in [-0.25, -0.2) is 5.43 Å². The molecule has 0 bridgehead atoms. The SMILES string of the molecule is Cc1ccc(C=NNC(=O)C(=O)NCc2ccco2)cc1. The summed E-state index contributed by atoms with van der Waals surface area (Å²) in [6, 6.07) is 11.0. The van der Waals surface area contributed by atoms with E-state index >= 15 is 0 Å². The Bertz CT molecular complexity index is 631. The third kappa shape index (κ3) is 4.61. The Kier molecular flexibility index (Phi) is 4.87. The number of nitrogens with zero attached hydrogens (tertiary/aromatic N) is 1. The topological polar surface area (TPSA) is 83.7 Å². The van der Waals surface area contributed by atoms with Crippen LogP contribution in [-0.2, 0) is 16.1 Å². The van der Waals surface area contributed by atoms with Crippen LogP contribution in [0.1, 0.15) is 16.9 Å². The normalized spacial score (nSPS) is 10.5. The van der Waals surface area contributed by atoms with E-state index in [9.17, 15) is 9.59 Å². The maximum absolute atomic E-state index is 11.5. The molecule has 2 aromatic rings. The van der Waals surface area contributed by atoms with Crippen LogP contribution in [0.15, 0.2) is 52.2 Å². The van der Waals surface area contributed by atoms with Crippen molar-refractivity contribution < 1.29 is 14.0 Å². The molecule has 0 radical (unpaired) electrons. The third-order valence-corrected chi connectivity index (χ3v) is 2.67. The predicted molar refractivity (Wildman–Crippen MR) is 77.5 cm³/mol. The second-order valence-corrected chi connectivity index (χ2v) is 4.37. The number of carbonyl (C=O) groups is 2. The number of hydrogen-bond donors (Lipinski definition) is 2. The molecular weight excluding hydrogens is 270 g/mol. The molecule has 0 saturated heterocycles. The average Bonchev–Trinajstić information content (AvgIpc) is 3.00. The van der Waals surface area contributed by atoms with Gasteiger partial charge in [-0.05, 0) is 24.6 Å². The second-order valence-electron chi connectivity index (χ2n) is 4.37. The number of amides is 2. The molecule has 6 nitrogen and oxygen atoms in total. The first-order valence-corrected chi connectivity index (χ1v) is 6.35. The summed E-state index contributed by atoms with van der Waals surface area (Å²) in [7, 11) is 0. The number of benzene rings is 1. The molecule has 1 aromatic heterocycles. The molecule has 0 aliphatic carbocycles. The second kappa shape index (κ2) is 7.04. The van der Waals surface area contributed by atoms with Crippen molar-refractivity contribution in [3.05, 3.63) is 59.5 Å². The van der Waals surface area contributed by atoms with Crippen molar-refractivity contribution >= 4 is 18.0 Å². The molecule has 108 valence electrons. The van der Waals surface area contributed by atoms with Gasteiger partial charge in [-0.15, -0.1) is 0 Å². The molecule has 2 N–H and O–H groups in total. The molecule has 21 heavy (non-hydrogen) atoms. The Labute approximate surface area is 121 Å². The van der Waals surface area contributed by atoms with Crippen molar-refractivity contribution in [2.24, 2.45) is 5.10 Å². The van der Waals surface area contributed by atoms with Crippen LogP contribution in [0.4, 0.5) is 0 Å². The van der Waals surface area contributed by atoms with E-state index < -0.39 is 11.8 Å². The average molecular weight is 285 g/mol. The van der Waals surface area contributed by atoms with Crippen molar-refractivity contribution in [1.29, 1.82) is 0 Å². The fraction of sp³-hybridized carbons (Fsp3) is 0.133. The lowest BCUT2D eigenvalue weighted by Gasteiger charge is -2.01. The van der Waals surface area contributed by atoms with Crippen LogP contribution >= 0.6 is 0 Å². The molecular formula is C15H15N3O3. The summed E-state index contributed by atoms with van der Waals surface area (Å²) in [5.41, 5.74) is 4.13. The van der Waals surface area contributed by atoms with Gasteiger partial charge in [0.1, 0.15) is 5.76 Å². The molecule has 1 heterocycles. The Morgan fingerprint density at radius 3 is 2.62 bits per heavy atom. The van der Waals surface area contributed by atoms with Gasteiger partial charge < -0.3 is 9.73 Å². The molecule has 2 amide bonds. The highest BCUT2D eigenvalue weighted by atomic mass is 16.3. The molecule has 0 unspecified atom stereocenters. The van der Waals surface area contributed by atoms with Gasteiger partial charge in [0, 0.05) is 0 Å². The lowest BCUT2D eigenvalue weighted by atomic mass is 10.2. The predicted octanol–water partition coefficient (Wildman–Crippen LogP) is 1.35. The summed E-state index contributed by atoms with van der Waals surface area (Å²) < 4.78 is 5.04. The molecule has 6 heteroatoms. The van der Waals surface area contributed by atoms with E-state index in [-0.39, 0.29) is 6.54 Å². The van der Waals surface area contributed by atoms with Crippen LogP contribution in [0.3, 0.4) is 0 Å². The van der Waals surface area contributed by atoms with E-state index in [0.717, 1.165) is 11.1 Å². The number of nitrogens with one attached hydrogen (secondary N) is 2. The maximum atomic E-state index is 11.5. The molecule has 1 aromatic carbocycles. The lowest BCUT2D eigenvalue weighted by Crippen LogP contribution is -2.37. The monoisotopic (exact) mass is 285 g/mol. The Hall–Kier alpha value is -2.89. The number of hydrogen-bond acceptors (Lipinski definition) is 4. The summed E-state index contributed by atoms with van der Waals surface area (Å²) in [6.07, 6.45) is 2.96. The maximum Gasteiger partial charge on any atom is 0.329 e. The van der Waals surface area contributed by atoms with Crippen molar-refractivity contribution in [2.75, 3.05) is 0 Å². The van der Waals surface area contributed by atoms with Crippen LogP contribution in [0.5, 0.6) is 0 Å². The fourth-order valence-electron chi connectivity index (χ4n) is 1.53. The van der Waals surface area contributed by atoms with Crippen molar-refractivity contribution in [1.82, 2.24) is 10.7 Å². The molecule has 0 atom stereocenters. The zero-order chi connectivity index (χ0) is 15.1. The van der Waals surface area contributed by atoms with Crippen molar-refractivity contribution in [3.8, 4) is 0 Å². The minimum absolute atomic E-state index is 0.154. The first-order valence-electron chi connectivity index (χ1n) is 6.35. The van der Waals surface area contributed by atoms with E-state index in [0.29, 0.717) is 5.76 Å². The van der Waals surface area contributed by atoms with Crippen molar-refractivity contribution in [2.45, 2.75) is 13.5 Å². The molecule has 2 rings (SSSR count). The molecule has 0 saturated carbocycles. The van der Waals surface area contributed by atoms with E-state index in [2.05, 4.69) is 15.8 Å². The summed E-state index contributed by atoms with van der Waals surface area (Å²) in [6.45, 7) is 2.13. The fourth-order valence-corrected chi connectivity index (χ4v) is 1.53. The van der Waals surface area contributed by atoms with E-state index in [1.807, 2.05) is 31.2 Å². The van der Waals surface area contributed by atoms with Gasteiger partial charge in [-0.3, -0.25) is 9.59 Å². The molecule has 0 fully saturated rings. The van der Waals surface area contributed by atoms with Gasteiger partial charge in [0.25, 0.3) is 0 Å². The summed E-state index contributed by atoms with van der Waals surface area (Å²) in [5.74, 6) is -1.03. The Balaban J connectivity index is 1.78. The largest absolute Gasteiger partial charge is 0.467 e. The standard InChI is InChI=1S/C15H15N3O3/c1-11-4-6-12(7-5-11)9-17-18-15(20)14(19)16-10-13-3-2-8-21-13/h2-9H,10H2,1H3,(H,16,19)(H,18,20). The first kappa shape index (κ1) is 14.5. The highest BCUT2D eigenvalue weighted by Crippen LogP contribution is 2.00. The number of furan rings is 1. The van der Waals surface area contributed by atoms with Crippen LogP contribution in [0, 0.1) is 6.92 Å². The number of rotatable bonds is 4. The van der Waals surface area contributed by atoms with E-state index in [4.69, 9.17) is 4.42 Å². The first-order chi connectivity index (χ1) is 10.1. The number of carbonyl (C=O) groups excluding carboxylic acids is 2. The van der Waals surface area contributed by atoms with E-state index in [1.165, 1.54) is 12.5 Å². The Morgan fingerprint density at radius 2 is 1.95 bits per heavy atom. The number of hydrazone groups is 1. The summed E-state index contributed by atoms with van der Waals surface area (Å²) >= 11 is 0. The third-order valence-electron chi connectivity index (χ3n) is 2.67.